The smallest absolute Gasteiger partial charge is 0.171 e. The van der Waals surface area contributed by atoms with E-state index in [2.05, 4.69) is 45.9 Å². The highest BCUT2D eigenvalue weighted by atomic mass is 32.1. The van der Waals surface area contributed by atoms with Crippen LogP contribution in [-0.2, 0) is 0 Å². The van der Waals surface area contributed by atoms with E-state index < -0.39 is 0 Å². The quantitative estimate of drug-likeness (QED) is 0.303. The lowest BCUT2D eigenvalue weighted by atomic mass is 10.4. The molecule has 2 fully saturated rings. The largest absolute Gasteiger partial charge is 0.314 e. The molecule has 0 aromatic heterocycles. The summed E-state index contributed by atoms with van der Waals surface area (Å²) >= 11 is 19.4. The van der Waals surface area contributed by atoms with Gasteiger partial charge in [0.05, 0.1) is 0 Å². The summed E-state index contributed by atoms with van der Waals surface area (Å²) in [6, 6.07) is 0. The van der Waals surface area contributed by atoms with Gasteiger partial charge in [0.25, 0.3) is 0 Å². The van der Waals surface area contributed by atoms with Gasteiger partial charge in [-0.05, 0) is 24.4 Å². The molecule has 0 aromatic rings. The van der Waals surface area contributed by atoms with E-state index in [0.29, 0.717) is 8.64 Å². The second kappa shape index (κ2) is 8.08. The monoisotopic (exact) mass is 352 g/mol. The van der Waals surface area contributed by atoms with Crippen LogP contribution >= 0.6 is 49.7 Å². The Morgan fingerprint density at radius 2 is 1.05 bits per heavy atom. The van der Waals surface area contributed by atoms with E-state index in [1.165, 1.54) is 0 Å². The van der Waals surface area contributed by atoms with E-state index in [9.17, 15) is 0 Å². The molecule has 0 aromatic carbocycles. The Morgan fingerprint density at radius 1 is 0.750 bits per heavy atom. The number of hydrogen-bond acceptors (Lipinski definition) is 6. The molecule has 0 unspecified atom stereocenters. The van der Waals surface area contributed by atoms with Gasteiger partial charge < -0.3 is 10.6 Å². The van der Waals surface area contributed by atoms with Gasteiger partial charge in [-0.25, -0.2) is 0 Å². The lowest BCUT2D eigenvalue weighted by Gasteiger charge is -2.49. The molecule has 10 heteroatoms. The SMILES string of the molecule is S=C(S)N(N1CCNCC1)N(C(=S)S)N1CCNCC1. The third kappa shape index (κ3) is 4.17. The Hall–Kier alpha value is 0.320. The van der Waals surface area contributed by atoms with Crippen LogP contribution in [0.25, 0.3) is 0 Å². The fraction of sp³-hybridized carbons (Fsp3) is 0.800. The van der Waals surface area contributed by atoms with Gasteiger partial charge >= 0.3 is 0 Å². The summed E-state index contributed by atoms with van der Waals surface area (Å²) in [5.74, 6) is 0. The van der Waals surface area contributed by atoms with Crippen LogP contribution < -0.4 is 10.6 Å². The molecule has 114 valence electrons. The number of nitrogens with zero attached hydrogens (tertiary/aromatic N) is 4. The number of thiocarbonyl (C=S) groups is 2. The normalized spacial score (nSPS) is 21.5. The Morgan fingerprint density at radius 3 is 1.30 bits per heavy atom. The topological polar surface area (TPSA) is 37.0 Å². The van der Waals surface area contributed by atoms with Crippen molar-refractivity contribution in [2.24, 2.45) is 0 Å². The maximum absolute atomic E-state index is 5.31. The third-order valence-corrected chi connectivity index (χ3v) is 3.93. The van der Waals surface area contributed by atoms with E-state index in [1.807, 2.05) is 10.2 Å². The Balaban J connectivity index is 2.17. The number of rotatable bonds is 2. The molecule has 2 N–H and O–H groups in total. The Bertz CT molecular complexity index is 322. The van der Waals surface area contributed by atoms with Gasteiger partial charge in [-0.2, -0.15) is 20.3 Å². The molecule has 0 amide bonds. The zero-order valence-corrected chi connectivity index (χ0v) is 14.6. The molecular formula is C10H20N6S4. The number of hydrazine groups is 3. The molecule has 0 saturated carbocycles. The van der Waals surface area contributed by atoms with E-state index in [1.54, 1.807) is 0 Å². The summed E-state index contributed by atoms with van der Waals surface area (Å²) in [7, 11) is 0. The van der Waals surface area contributed by atoms with Crippen LogP contribution in [-0.4, -0.2) is 81.3 Å². The van der Waals surface area contributed by atoms with Crippen molar-refractivity contribution in [2.75, 3.05) is 52.4 Å². The molecule has 2 aliphatic rings. The number of thiol groups is 2. The zero-order valence-electron chi connectivity index (χ0n) is 11.2. The van der Waals surface area contributed by atoms with Gasteiger partial charge in [-0.3, -0.25) is 0 Å². The first-order valence-corrected chi connectivity index (χ1v) is 8.29. The van der Waals surface area contributed by atoms with Crippen LogP contribution in [0.1, 0.15) is 0 Å². The second-order valence-corrected chi connectivity index (χ2v) is 6.78. The summed E-state index contributed by atoms with van der Waals surface area (Å²) in [6.07, 6.45) is 0. The van der Waals surface area contributed by atoms with Crippen molar-refractivity contribution in [2.45, 2.75) is 0 Å². The van der Waals surface area contributed by atoms with Crippen molar-refractivity contribution in [3.8, 4) is 0 Å². The molecule has 2 aliphatic heterocycles. The fourth-order valence-electron chi connectivity index (χ4n) is 2.33. The molecule has 2 saturated heterocycles. The van der Waals surface area contributed by atoms with Crippen LogP contribution in [0.2, 0.25) is 0 Å². The second-order valence-electron chi connectivity index (χ2n) is 4.55. The maximum Gasteiger partial charge on any atom is 0.171 e. The fourth-order valence-corrected chi connectivity index (χ4v) is 3.14. The van der Waals surface area contributed by atoms with Crippen LogP contribution in [0, 0.1) is 0 Å². The Labute approximate surface area is 141 Å². The van der Waals surface area contributed by atoms with Crippen molar-refractivity contribution >= 4 is 58.3 Å². The van der Waals surface area contributed by atoms with Crippen molar-refractivity contribution in [3.05, 3.63) is 0 Å². The van der Waals surface area contributed by atoms with E-state index in [4.69, 9.17) is 24.4 Å². The molecule has 20 heavy (non-hydrogen) atoms. The number of piperazine rings is 2. The van der Waals surface area contributed by atoms with Crippen molar-refractivity contribution < 1.29 is 0 Å². The summed E-state index contributed by atoms with van der Waals surface area (Å²) in [5, 5.41) is 14.7. The minimum Gasteiger partial charge on any atom is -0.314 e. The van der Waals surface area contributed by atoms with E-state index >= 15 is 0 Å². The van der Waals surface area contributed by atoms with Gasteiger partial charge in [0.15, 0.2) is 8.64 Å². The minimum absolute atomic E-state index is 0.474. The third-order valence-electron chi connectivity index (χ3n) is 3.24. The Kier molecular flexibility index (Phi) is 6.75. The molecule has 2 heterocycles. The van der Waals surface area contributed by atoms with Crippen molar-refractivity contribution in [1.82, 2.24) is 30.9 Å². The summed E-state index contributed by atoms with van der Waals surface area (Å²) in [6.45, 7) is 7.12. The highest BCUT2D eigenvalue weighted by molar-refractivity contribution is 8.11. The first-order valence-electron chi connectivity index (χ1n) is 6.58. The average molecular weight is 353 g/mol. The summed E-state index contributed by atoms with van der Waals surface area (Å²) in [4.78, 5) is 0. The van der Waals surface area contributed by atoms with E-state index in [0.717, 1.165) is 52.4 Å². The highest BCUT2D eigenvalue weighted by Gasteiger charge is 2.31. The number of hydrogen-bond donors (Lipinski definition) is 4. The van der Waals surface area contributed by atoms with Crippen molar-refractivity contribution in [3.63, 3.8) is 0 Å². The first-order chi connectivity index (χ1) is 9.61. The van der Waals surface area contributed by atoms with Gasteiger partial charge in [0.1, 0.15) is 0 Å². The summed E-state index contributed by atoms with van der Waals surface area (Å²) < 4.78 is 0.948. The predicted molar refractivity (Wildman–Crippen MR) is 95.7 cm³/mol. The molecule has 0 bridgehead atoms. The van der Waals surface area contributed by atoms with Gasteiger partial charge in [-0.15, -0.1) is 25.3 Å². The summed E-state index contributed by atoms with van der Waals surface area (Å²) in [5.41, 5.74) is 0. The van der Waals surface area contributed by atoms with Gasteiger partial charge in [0.2, 0.25) is 0 Å². The van der Waals surface area contributed by atoms with Crippen LogP contribution in [0.4, 0.5) is 0 Å². The molecular weight excluding hydrogens is 332 g/mol. The standard InChI is InChI=1S/C10H20N6S4/c17-9(18)15(13-5-1-11-2-6-13)16(10(19)20)14-7-3-12-4-8-14/h11-12H,1-8H2,(H,17,18)(H,19,20). The molecule has 0 radical (unpaired) electrons. The van der Waals surface area contributed by atoms with Crippen LogP contribution in [0.15, 0.2) is 0 Å². The lowest BCUT2D eigenvalue weighted by Crippen LogP contribution is -2.66. The highest BCUT2D eigenvalue weighted by Crippen LogP contribution is 2.16. The van der Waals surface area contributed by atoms with Crippen LogP contribution in [0.5, 0.6) is 0 Å². The lowest BCUT2D eigenvalue weighted by molar-refractivity contribution is -0.185. The predicted octanol–water partition coefficient (Wildman–Crippen LogP) is -0.425. The molecule has 2 rings (SSSR count). The minimum atomic E-state index is 0.474. The molecule has 0 atom stereocenters. The molecule has 0 aliphatic carbocycles. The first kappa shape index (κ1) is 16.7. The maximum atomic E-state index is 5.31. The molecule has 6 nitrogen and oxygen atoms in total. The molecule has 0 spiro atoms. The van der Waals surface area contributed by atoms with Crippen LogP contribution in [0.3, 0.4) is 0 Å². The van der Waals surface area contributed by atoms with Crippen molar-refractivity contribution in [1.29, 1.82) is 0 Å². The average Bonchev–Trinajstić information content (AvgIpc) is 2.45. The number of nitrogens with one attached hydrogen (secondary N) is 2. The van der Waals surface area contributed by atoms with Gasteiger partial charge in [0, 0.05) is 52.4 Å². The van der Waals surface area contributed by atoms with Gasteiger partial charge in [-0.1, -0.05) is 0 Å². The zero-order chi connectivity index (χ0) is 14.5. The van der Waals surface area contributed by atoms with E-state index in [-0.39, 0.29) is 0 Å².